The Morgan fingerprint density at radius 3 is 1.77 bits per heavy atom. The molecule has 0 atom stereocenters. The Morgan fingerprint density at radius 1 is 0.677 bits per heavy atom. The van der Waals surface area contributed by atoms with Gasteiger partial charge in [-0.25, -0.2) is 17.7 Å². The van der Waals surface area contributed by atoms with E-state index in [-0.39, 0.29) is 63.0 Å². The Hall–Kier alpha value is -2.12. The fourth-order valence-electron chi connectivity index (χ4n) is 3.29. The SMILES string of the molecule is [C-]1=C(Cc2ccccc2)c2cc3ccccc3cc2C1.[CH3-].[CH3-].[CH3-].[CH3-].[CH3-].[Hf].c1cc[cH-]c1. The summed E-state index contributed by atoms with van der Waals surface area (Å²) < 4.78 is 0. The van der Waals surface area contributed by atoms with Crippen molar-refractivity contribution >= 4 is 16.3 Å². The van der Waals surface area contributed by atoms with E-state index in [1.807, 2.05) is 30.3 Å². The number of allylic oxidation sites excluding steroid dienone is 2. The molecule has 0 saturated carbocycles. The Labute approximate surface area is 211 Å². The molecular formula is C30H35Hf-7. The number of hydrogen-bond acceptors (Lipinski definition) is 0. The third-order valence-electron chi connectivity index (χ3n) is 4.57. The minimum atomic E-state index is 0. The summed E-state index contributed by atoms with van der Waals surface area (Å²) in [7, 11) is 0. The van der Waals surface area contributed by atoms with Crippen LogP contribution in [0.1, 0.15) is 16.7 Å². The number of fused-ring (bicyclic) bond motifs is 2. The first-order chi connectivity index (χ1) is 12.4. The maximum Gasteiger partial charge on any atom is 0 e. The average Bonchev–Trinajstić information content (AvgIpc) is 3.35. The number of hydrogen-bond donors (Lipinski definition) is 0. The fourth-order valence-corrected chi connectivity index (χ4v) is 3.29. The van der Waals surface area contributed by atoms with Gasteiger partial charge in [0.2, 0.25) is 0 Å². The van der Waals surface area contributed by atoms with E-state index in [9.17, 15) is 0 Å². The van der Waals surface area contributed by atoms with Crippen LogP contribution in [0, 0.1) is 43.2 Å². The topological polar surface area (TPSA) is 0 Å². The van der Waals surface area contributed by atoms with Crippen LogP contribution in [0.4, 0.5) is 0 Å². The van der Waals surface area contributed by atoms with E-state index in [2.05, 4.69) is 72.8 Å². The standard InChI is InChI=1S/C20H15.C5H5.5CH3.Hf/c1-2-6-15(7-3-1)12-18-10-11-19-13-16-8-4-5-9-17(16)14-20(18)19;1-2-4-5-3-1;;;;;;/h1-9,13-14H,11-12H2;1-5H;5*1H3;/q7*-1;. The van der Waals surface area contributed by atoms with Crippen LogP contribution < -0.4 is 0 Å². The molecule has 0 aromatic heterocycles. The van der Waals surface area contributed by atoms with Gasteiger partial charge in [-0.2, -0.15) is 23.8 Å². The summed E-state index contributed by atoms with van der Waals surface area (Å²) in [6.45, 7) is 0. The van der Waals surface area contributed by atoms with Crippen molar-refractivity contribution in [2.75, 3.05) is 0 Å². The molecule has 4 aromatic carbocycles. The summed E-state index contributed by atoms with van der Waals surface area (Å²) in [6.07, 6.45) is 5.49. The van der Waals surface area contributed by atoms with Crippen LogP contribution in [0.25, 0.3) is 16.3 Å². The molecule has 0 amide bonds. The quantitative estimate of drug-likeness (QED) is 0.167. The molecule has 0 unspecified atom stereocenters. The van der Waals surface area contributed by atoms with Crippen molar-refractivity contribution in [2.45, 2.75) is 12.8 Å². The molecule has 0 nitrogen and oxygen atoms in total. The molecule has 0 N–H and O–H groups in total. The van der Waals surface area contributed by atoms with Gasteiger partial charge in [-0.3, -0.25) is 6.08 Å². The molecule has 0 radical (unpaired) electrons. The van der Waals surface area contributed by atoms with Crippen molar-refractivity contribution in [1.29, 1.82) is 0 Å². The third kappa shape index (κ3) is 8.50. The van der Waals surface area contributed by atoms with Gasteiger partial charge in [0.15, 0.2) is 0 Å². The Morgan fingerprint density at radius 2 is 1.23 bits per heavy atom. The molecule has 0 spiro atoms. The molecular weight excluding hydrogens is 539 g/mol. The first-order valence-electron chi connectivity index (χ1n) is 8.72. The average molecular weight is 574 g/mol. The zero-order valence-corrected chi connectivity index (χ0v) is 23.2. The minimum Gasteiger partial charge on any atom is -0.358 e. The normalized spacial score (nSPS) is 9.87. The monoisotopic (exact) mass is 575 g/mol. The summed E-state index contributed by atoms with van der Waals surface area (Å²) in [6, 6.07) is 33.9. The zero-order valence-electron chi connectivity index (χ0n) is 19.7. The summed E-state index contributed by atoms with van der Waals surface area (Å²) in [5.74, 6) is 0. The maximum absolute atomic E-state index is 3.56. The van der Waals surface area contributed by atoms with E-state index in [0.717, 1.165) is 12.8 Å². The molecule has 4 aromatic rings. The predicted molar refractivity (Wildman–Crippen MR) is 139 cm³/mol. The Bertz CT molecular complexity index is 962. The van der Waals surface area contributed by atoms with Crippen molar-refractivity contribution in [3.8, 4) is 0 Å². The van der Waals surface area contributed by atoms with Crippen LogP contribution in [-0.4, -0.2) is 0 Å². The van der Waals surface area contributed by atoms with Gasteiger partial charge in [-0.15, -0.1) is 18.1 Å². The minimum absolute atomic E-state index is 0. The fraction of sp³-hybridized carbons (Fsp3) is 0.0667. The zero-order chi connectivity index (χ0) is 16.9. The second-order valence-electron chi connectivity index (χ2n) is 6.31. The van der Waals surface area contributed by atoms with E-state index in [4.69, 9.17) is 0 Å². The van der Waals surface area contributed by atoms with Crippen LogP contribution in [0.15, 0.2) is 97.1 Å². The van der Waals surface area contributed by atoms with E-state index < -0.39 is 0 Å². The van der Waals surface area contributed by atoms with E-state index in [0.29, 0.717) is 0 Å². The first-order valence-corrected chi connectivity index (χ1v) is 8.72. The smallest absolute Gasteiger partial charge is 0 e. The van der Waals surface area contributed by atoms with Gasteiger partial charge in [-0.1, -0.05) is 60.7 Å². The van der Waals surface area contributed by atoms with Crippen LogP contribution >= 0.6 is 0 Å². The number of benzene rings is 3. The van der Waals surface area contributed by atoms with Gasteiger partial charge >= 0.3 is 0 Å². The van der Waals surface area contributed by atoms with Gasteiger partial charge in [0, 0.05) is 25.8 Å². The molecule has 1 aliphatic carbocycles. The van der Waals surface area contributed by atoms with Crippen molar-refractivity contribution < 1.29 is 25.8 Å². The number of rotatable bonds is 2. The maximum atomic E-state index is 3.56. The first kappa shape index (κ1) is 33.5. The van der Waals surface area contributed by atoms with E-state index in [1.165, 1.54) is 33.0 Å². The van der Waals surface area contributed by atoms with Gasteiger partial charge < -0.3 is 37.1 Å². The second-order valence-corrected chi connectivity index (χ2v) is 6.31. The molecule has 1 aliphatic rings. The van der Waals surface area contributed by atoms with Crippen molar-refractivity contribution in [2.24, 2.45) is 0 Å². The van der Waals surface area contributed by atoms with Gasteiger partial charge in [0.05, 0.1) is 0 Å². The molecule has 1 heteroatoms. The van der Waals surface area contributed by atoms with Crippen LogP contribution in [0.3, 0.4) is 0 Å². The van der Waals surface area contributed by atoms with Gasteiger partial charge in [-0.05, 0) is 22.8 Å². The predicted octanol–water partition coefficient (Wildman–Crippen LogP) is 8.48. The summed E-state index contributed by atoms with van der Waals surface area (Å²) in [4.78, 5) is 0. The van der Waals surface area contributed by atoms with Crippen LogP contribution in [-0.2, 0) is 38.7 Å². The van der Waals surface area contributed by atoms with Gasteiger partial charge in [0.1, 0.15) is 0 Å². The van der Waals surface area contributed by atoms with Gasteiger partial charge in [0.25, 0.3) is 0 Å². The van der Waals surface area contributed by atoms with Crippen molar-refractivity contribution in [3.05, 3.63) is 157 Å². The van der Waals surface area contributed by atoms with E-state index >= 15 is 0 Å². The van der Waals surface area contributed by atoms with Crippen molar-refractivity contribution in [1.82, 2.24) is 0 Å². The Balaban J connectivity index is -0.000000639. The van der Waals surface area contributed by atoms with Crippen molar-refractivity contribution in [3.63, 3.8) is 0 Å². The molecule has 166 valence electrons. The van der Waals surface area contributed by atoms with Crippen LogP contribution in [0.5, 0.6) is 0 Å². The second kappa shape index (κ2) is 16.6. The molecule has 0 saturated heterocycles. The Kier molecular flexibility index (Phi) is 17.9. The summed E-state index contributed by atoms with van der Waals surface area (Å²) >= 11 is 0. The summed E-state index contributed by atoms with van der Waals surface area (Å²) in [5, 5.41) is 2.65. The largest absolute Gasteiger partial charge is 0.358 e. The molecule has 0 fully saturated rings. The molecule has 31 heavy (non-hydrogen) atoms. The molecule has 0 aliphatic heterocycles. The molecule has 0 bridgehead atoms. The van der Waals surface area contributed by atoms with Crippen LogP contribution in [0.2, 0.25) is 0 Å². The third-order valence-corrected chi connectivity index (χ3v) is 4.57. The van der Waals surface area contributed by atoms with E-state index in [1.54, 1.807) is 0 Å². The summed E-state index contributed by atoms with van der Waals surface area (Å²) in [5.41, 5.74) is 5.50. The molecule has 0 heterocycles. The molecule has 5 rings (SSSR count).